The molecule has 6 rings (SSSR count). The summed E-state index contributed by atoms with van der Waals surface area (Å²) < 4.78 is 69.6. The predicted octanol–water partition coefficient (Wildman–Crippen LogP) is 5.61. The highest BCUT2D eigenvalue weighted by atomic mass is 32.2. The maximum atomic E-state index is 13.9. The molecule has 2 amide bonds. The number of benzene rings is 2. The van der Waals surface area contributed by atoms with Crippen molar-refractivity contribution in [3.8, 4) is 16.9 Å². The van der Waals surface area contributed by atoms with Crippen molar-refractivity contribution in [1.82, 2.24) is 24.8 Å². The van der Waals surface area contributed by atoms with Crippen LogP contribution in [-0.2, 0) is 16.2 Å². The van der Waals surface area contributed by atoms with Crippen LogP contribution < -0.4 is 14.9 Å². The number of hydrogen-bond donors (Lipinski definition) is 3. The number of aromatic nitrogens is 3. The van der Waals surface area contributed by atoms with Gasteiger partial charge in [-0.2, -0.15) is 13.2 Å². The molecule has 0 radical (unpaired) electrons. The van der Waals surface area contributed by atoms with E-state index in [0.29, 0.717) is 54.3 Å². The minimum Gasteiger partial charge on any atom is -0.506 e. The molecule has 52 heavy (non-hydrogen) atoms. The van der Waals surface area contributed by atoms with Gasteiger partial charge in [-0.3, -0.25) is 14.6 Å². The lowest BCUT2D eigenvalue weighted by Crippen LogP contribution is -2.49. The van der Waals surface area contributed by atoms with Crippen molar-refractivity contribution in [3.63, 3.8) is 0 Å². The van der Waals surface area contributed by atoms with Gasteiger partial charge in [0.2, 0.25) is 0 Å². The molecule has 4 heterocycles. The molecule has 12 nitrogen and oxygen atoms in total. The molecule has 0 atom stereocenters. The number of carbonyl (C=O) groups is 2. The second kappa shape index (κ2) is 15.6. The summed E-state index contributed by atoms with van der Waals surface area (Å²) in [5.74, 6) is -0.432. The number of amides is 2. The Hall–Kier alpha value is -5.20. The largest absolute Gasteiger partial charge is 0.506 e. The fourth-order valence-electron chi connectivity index (χ4n) is 5.28. The predicted molar refractivity (Wildman–Crippen MR) is 191 cm³/mol. The first-order valence-electron chi connectivity index (χ1n) is 15.7. The maximum absolute atomic E-state index is 13.9. The zero-order chi connectivity index (χ0) is 36.9. The SMILES string of the molecule is O=C(NS(=O)(=O)c1ccc(NCCSc2ccccc2)c(C(F)(F)F)c1)c1ccc(N2CCN(C(=O)c3cc(-c4cncc(O)c4)cs3)CC2)nn1. The van der Waals surface area contributed by atoms with Gasteiger partial charge in [-0.25, -0.2) is 13.1 Å². The Morgan fingerprint density at radius 3 is 2.38 bits per heavy atom. The molecule has 3 N–H and O–H groups in total. The highest BCUT2D eigenvalue weighted by Gasteiger charge is 2.35. The first-order valence-corrected chi connectivity index (χ1v) is 19.0. The quantitative estimate of drug-likeness (QED) is 0.113. The summed E-state index contributed by atoms with van der Waals surface area (Å²) in [7, 11) is -4.71. The number of sulfonamides is 1. The number of pyridine rings is 1. The fraction of sp³-hybridized carbons (Fsp3) is 0.206. The van der Waals surface area contributed by atoms with Crippen LogP contribution in [0.2, 0.25) is 0 Å². The molecule has 2 aromatic carbocycles. The van der Waals surface area contributed by atoms with E-state index in [-0.39, 0.29) is 29.6 Å². The maximum Gasteiger partial charge on any atom is 0.418 e. The molecule has 0 spiro atoms. The van der Waals surface area contributed by atoms with Crippen LogP contribution in [0.3, 0.4) is 0 Å². The molecule has 18 heteroatoms. The van der Waals surface area contributed by atoms with Crippen molar-refractivity contribution in [2.45, 2.75) is 16.0 Å². The average Bonchev–Trinajstić information content (AvgIpc) is 3.64. The van der Waals surface area contributed by atoms with E-state index in [1.807, 2.05) is 40.6 Å². The molecular formula is C34H30F3N7O5S3. The number of nitrogens with one attached hydrogen (secondary N) is 2. The number of rotatable bonds is 11. The third-order valence-corrected chi connectivity index (χ3v) is 11.2. The minimum atomic E-state index is -4.87. The monoisotopic (exact) mass is 769 g/mol. The summed E-state index contributed by atoms with van der Waals surface area (Å²) >= 11 is 2.74. The van der Waals surface area contributed by atoms with Gasteiger partial charge in [-0.05, 0) is 65.5 Å². The third-order valence-electron chi connectivity index (χ3n) is 7.90. The van der Waals surface area contributed by atoms with E-state index in [9.17, 15) is 36.3 Å². The number of thioether (sulfide) groups is 1. The highest BCUT2D eigenvalue weighted by molar-refractivity contribution is 7.99. The van der Waals surface area contributed by atoms with Gasteiger partial charge in [0.1, 0.15) is 5.75 Å². The molecule has 1 saturated heterocycles. The van der Waals surface area contributed by atoms with Crippen molar-refractivity contribution in [1.29, 1.82) is 0 Å². The number of halogens is 3. The van der Waals surface area contributed by atoms with Crippen LogP contribution in [0.4, 0.5) is 24.7 Å². The molecule has 0 bridgehead atoms. The Kier molecular flexibility index (Phi) is 11.0. The molecule has 0 aliphatic carbocycles. The van der Waals surface area contributed by atoms with Crippen molar-refractivity contribution in [2.24, 2.45) is 0 Å². The summed E-state index contributed by atoms with van der Waals surface area (Å²) in [6.45, 7) is 1.76. The van der Waals surface area contributed by atoms with E-state index in [1.165, 1.54) is 41.4 Å². The van der Waals surface area contributed by atoms with E-state index in [2.05, 4.69) is 20.5 Å². The number of thiophene rings is 1. The second-order valence-electron chi connectivity index (χ2n) is 11.4. The zero-order valence-electron chi connectivity index (χ0n) is 27.1. The lowest BCUT2D eigenvalue weighted by Gasteiger charge is -2.35. The van der Waals surface area contributed by atoms with Gasteiger partial charge in [0.25, 0.3) is 21.8 Å². The number of alkyl halides is 3. The molecule has 1 fully saturated rings. The molecule has 1 aliphatic rings. The van der Waals surface area contributed by atoms with Gasteiger partial charge in [0.15, 0.2) is 11.5 Å². The minimum absolute atomic E-state index is 0.0248. The molecule has 5 aromatic rings. The summed E-state index contributed by atoms with van der Waals surface area (Å²) in [6, 6.07) is 17.9. The average molecular weight is 770 g/mol. The molecular weight excluding hydrogens is 740 g/mol. The summed E-state index contributed by atoms with van der Waals surface area (Å²) in [6.07, 6.45) is -1.95. The van der Waals surface area contributed by atoms with Gasteiger partial charge in [0.05, 0.1) is 21.5 Å². The van der Waals surface area contributed by atoms with Crippen molar-refractivity contribution < 1.29 is 36.3 Å². The summed E-state index contributed by atoms with van der Waals surface area (Å²) in [5.41, 5.74) is -0.382. The first-order chi connectivity index (χ1) is 24.9. The Morgan fingerprint density at radius 1 is 0.923 bits per heavy atom. The Labute approximate surface area is 304 Å². The lowest BCUT2D eigenvalue weighted by molar-refractivity contribution is -0.137. The van der Waals surface area contributed by atoms with Crippen molar-refractivity contribution in [2.75, 3.05) is 48.7 Å². The van der Waals surface area contributed by atoms with Gasteiger partial charge < -0.3 is 20.2 Å². The number of piperazine rings is 1. The normalized spacial score (nSPS) is 13.5. The fourth-order valence-corrected chi connectivity index (χ4v) is 7.94. The second-order valence-corrected chi connectivity index (χ2v) is 15.2. The number of aromatic hydroxyl groups is 1. The first kappa shape index (κ1) is 36.6. The molecule has 3 aromatic heterocycles. The van der Waals surface area contributed by atoms with E-state index in [0.717, 1.165) is 22.6 Å². The van der Waals surface area contributed by atoms with E-state index in [1.54, 1.807) is 28.0 Å². The Balaban J connectivity index is 1.03. The smallest absolute Gasteiger partial charge is 0.418 e. The van der Waals surface area contributed by atoms with Crippen LogP contribution in [0.1, 0.15) is 25.7 Å². The lowest BCUT2D eigenvalue weighted by atomic mass is 10.1. The van der Waals surface area contributed by atoms with E-state index >= 15 is 0 Å². The van der Waals surface area contributed by atoms with Crippen molar-refractivity contribution >= 4 is 56.4 Å². The molecule has 0 saturated carbocycles. The van der Waals surface area contributed by atoms with Crippen LogP contribution in [0, 0.1) is 0 Å². The molecule has 1 aliphatic heterocycles. The summed E-state index contributed by atoms with van der Waals surface area (Å²) in [4.78, 5) is 34.2. The van der Waals surface area contributed by atoms with Gasteiger partial charge in [0, 0.05) is 60.8 Å². The van der Waals surface area contributed by atoms with Crippen molar-refractivity contribution in [3.05, 3.63) is 107 Å². The van der Waals surface area contributed by atoms with Gasteiger partial charge >= 0.3 is 6.18 Å². The van der Waals surface area contributed by atoms with Crippen LogP contribution in [-0.4, -0.2) is 83.9 Å². The number of carbonyl (C=O) groups excluding carboxylic acids is 2. The third kappa shape index (κ3) is 8.80. The van der Waals surface area contributed by atoms with E-state index < -0.39 is 32.6 Å². The van der Waals surface area contributed by atoms with Crippen LogP contribution in [0.25, 0.3) is 11.1 Å². The van der Waals surface area contributed by atoms with E-state index in [4.69, 9.17) is 0 Å². The van der Waals surface area contributed by atoms with Crippen LogP contribution >= 0.6 is 23.1 Å². The summed E-state index contributed by atoms with van der Waals surface area (Å²) in [5, 5.41) is 22.1. The Morgan fingerprint density at radius 2 is 1.69 bits per heavy atom. The number of anilines is 2. The zero-order valence-corrected chi connectivity index (χ0v) is 29.5. The van der Waals surface area contributed by atoms with Gasteiger partial charge in [-0.15, -0.1) is 33.3 Å². The van der Waals surface area contributed by atoms with Gasteiger partial charge in [-0.1, -0.05) is 18.2 Å². The Bertz CT molecular complexity index is 2160. The number of nitrogens with zero attached hydrogens (tertiary/aromatic N) is 5. The van der Waals surface area contributed by atoms with Crippen LogP contribution in [0.15, 0.2) is 100 Å². The number of hydrogen-bond acceptors (Lipinski definition) is 12. The molecule has 0 unspecified atom stereocenters. The topological polar surface area (TPSA) is 158 Å². The molecule has 270 valence electrons. The van der Waals surface area contributed by atoms with Crippen LogP contribution in [0.5, 0.6) is 5.75 Å². The standard InChI is InChI=1S/C34H30F3N7O5S3/c35-34(36,37)27-18-26(6-7-28(27)39-10-15-50-25-4-2-1-3-5-25)52(48,49)42-32(46)29-8-9-31(41-40-29)43-11-13-44(14-12-43)33(47)30-17-23(21-51-30)22-16-24(45)20-38-19-22/h1-9,16-21,39,45H,10-15H2,(H,42,46). The highest BCUT2D eigenvalue weighted by Crippen LogP contribution is 2.36.